The van der Waals surface area contributed by atoms with Crippen molar-refractivity contribution in [2.45, 2.75) is 12.8 Å². The molecule has 3 nitrogen and oxygen atoms in total. The molecule has 0 atom stereocenters. The van der Waals surface area contributed by atoms with Crippen molar-refractivity contribution in [1.29, 1.82) is 0 Å². The molecule has 0 aliphatic rings. The first-order chi connectivity index (χ1) is 5.95. The van der Waals surface area contributed by atoms with Gasteiger partial charge in [0.25, 0.3) is 0 Å². The smallest absolute Gasteiger partial charge is 0.148 e. The second kappa shape index (κ2) is 6.62. The van der Waals surface area contributed by atoms with E-state index in [1.807, 2.05) is 11.9 Å². The fourth-order valence-corrected chi connectivity index (χ4v) is 1.74. The van der Waals surface area contributed by atoms with E-state index < -0.39 is 9.84 Å². The SMILES string of the molecule is CN(CCCCCl)CCS(C)(=O)=O. The molecule has 13 heavy (non-hydrogen) atoms. The molecule has 0 fully saturated rings. The Balaban J connectivity index is 3.46. The van der Waals surface area contributed by atoms with Crippen molar-refractivity contribution in [2.75, 3.05) is 38.0 Å². The summed E-state index contributed by atoms with van der Waals surface area (Å²) in [5.41, 5.74) is 0. The fraction of sp³-hybridized carbons (Fsp3) is 1.00. The number of rotatable bonds is 7. The highest BCUT2D eigenvalue weighted by molar-refractivity contribution is 7.90. The lowest BCUT2D eigenvalue weighted by Gasteiger charge is -2.14. The van der Waals surface area contributed by atoms with Gasteiger partial charge in [-0.25, -0.2) is 8.42 Å². The van der Waals surface area contributed by atoms with Crippen LogP contribution in [0.15, 0.2) is 0 Å². The van der Waals surface area contributed by atoms with E-state index in [1.165, 1.54) is 6.26 Å². The van der Waals surface area contributed by atoms with Crippen LogP contribution in [-0.4, -0.2) is 51.3 Å². The number of halogens is 1. The number of unbranched alkanes of at least 4 members (excludes halogenated alkanes) is 1. The predicted molar refractivity (Wildman–Crippen MR) is 57.2 cm³/mol. The van der Waals surface area contributed by atoms with Crippen molar-refractivity contribution in [3.63, 3.8) is 0 Å². The molecule has 0 aromatic rings. The summed E-state index contributed by atoms with van der Waals surface area (Å²) < 4.78 is 21.6. The topological polar surface area (TPSA) is 37.4 Å². The summed E-state index contributed by atoms with van der Waals surface area (Å²) in [4.78, 5) is 2.02. The predicted octanol–water partition coefficient (Wildman–Crippen LogP) is 0.982. The van der Waals surface area contributed by atoms with Crippen molar-refractivity contribution >= 4 is 21.4 Å². The minimum atomic E-state index is -2.82. The number of nitrogens with zero attached hydrogens (tertiary/aromatic N) is 1. The van der Waals surface area contributed by atoms with Crippen LogP contribution >= 0.6 is 11.6 Å². The summed E-state index contributed by atoms with van der Waals surface area (Å²) in [5.74, 6) is 0.921. The highest BCUT2D eigenvalue weighted by Crippen LogP contribution is 1.95. The number of sulfone groups is 1. The van der Waals surface area contributed by atoms with Gasteiger partial charge in [0.2, 0.25) is 0 Å². The second-order valence-corrected chi connectivity index (χ2v) is 5.97. The van der Waals surface area contributed by atoms with Gasteiger partial charge in [-0.15, -0.1) is 11.6 Å². The van der Waals surface area contributed by atoms with Gasteiger partial charge in [-0.2, -0.15) is 0 Å². The summed E-state index contributed by atoms with van der Waals surface area (Å²) >= 11 is 5.52. The molecule has 80 valence electrons. The number of alkyl halides is 1. The Morgan fingerprint density at radius 1 is 1.23 bits per heavy atom. The van der Waals surface area contributed by atoms with Crippen LogP contribution in [0.5, 0.6) is 0 Å². The monoisotopic (exact) mass is 227 g/mol. The summed E-state index contributed by atoms with van der Waals surface area (Å²) in [6.45, 7) is 1.53. The minimum Gasteiger partial charge on any atom is -0.305 e. The minimum absolute atomic E-state index is 0.240. The lowest BCUT2D eigenvalue weighted by Crippen LogP contribution is -2.26. The average molecular weight is 228 g/mol. The molecule has 0 saturated heterocycles. The Hall–Kier alpha value is 0.200. The van der Waals surface area contributed by atoms with Gasteiger partial charge < -0.3 is 4.90 Å². The van der Waals surface area contributed by atoms with Crippen LogP contribution in [0.1, 0.15) is 12.8 Å². The van der Waals surface area contributed by atoms with Gasteiger partial charge in [0, 0.05) is 18.7 Å². The fourth-order valence-electron chi connectivity index (χ4n) is 0.910. The third-order valence-corrected chi connectivity index (χ3v) is 2.96. The number of hydrogen-bond acceptors (Lipinski definition) is 3. The molecule has 0 amide bonds. The summed E-state index contributed by atoms with van der Waals surface area (Å²) in [5, 5.41) is 0. The molecular formula is C8H18ClNO2S. The molecule has 5 heteroatoms. The van der Waals surface area contributed by atoms with Crippen LogP contribution in [0.25, 0.3) is 0 Å². The lowest BCUT2D eigenvalue weighted by molar-refractivity contribution is 0.347. The van der Waals surface area contributed by atoms with Gasteiger partial charge in [-0.1, -0.05) is 0 Å². The Labute approximate surface area is 86.0 Å². The van der Waals surface area contributed by atoms with E-state index in [1.54, 1.807) is 0 Å². The van der Waals surface area contributed by atoms with E-state index in [9.17, 15) is 8.42 Å². The molecule has 0 saturated carbocycles. The zero-order valence-electron chi connectivity index (χ0n) is 8.29. The van der Waals surface area contributed by atoms with Gasteiger partial charge in [0.1, 0.15) is 9.84 Å². The summed E-state index contributed by atoms with van der Waals surface area (Å²) in [6, 6.07) is 0. The standard InChI is InChI=1S/C8H18ClNO2S/c1-10(6-4-3-5-9)7-8-13(2,11)12/h3-8H2,1-2H3. The zero-order chi connectivity index (χ0) is 10.3. The average Bonchev–Trinajstić information content (AvgIpc) is 2.00. The molecular weight excluding hydrogens is 210 g/mol. The van der Waals surface area contributed by atoms with E-state index in [0.29, 0.717) is 12.4 Å². The summed E-state index contributed by atoms with van der Waals surface area (Å²) in [7, 11) is -0.888. The Bertz CT molecular complexity index is 216. The maximum atomic E-state index is 10.8. The zero-order valence-corrected chi connectivity index (χ0v) is 9.86. The third kappa shape index (κ3) is 10.1. The normalized spacial score (nSPS) is 12.3. The molecule has 0 heterocycles. The van der Waals surface area contributed by atoms with E-state index in [-0.39, 0.29) is 5.75 Å². The first-order valence-corrected chi connectivity index (χ1v) is 6.97. The lowest BCUT2D eigenvalue weighted by atomic mass is 10.3. The van der Waals surface area contributed by atoms with Crippen molar-refractivity contribution in [2.24, 2.45) is 0 Å². The van der Waals surface area contributed by atoms with Gasteiger partial charge >= 0.3 is 0 Å². The van der Waals surface area contributed by atoms with Crippen LogP contribution in [0.4, 0.5) is 0 Å². The van der Waals surface area contributed by atoms with E-state index in [2.05, 4.69) is 0 Å². The van der Waals surface area contributed by atoms with Crippen LogP contribution in [0.3, 0.4) is 0 Å². The van der Waals surface area contributed by atoms with Crippen molar-refractivity contribution in [3.8, 4) is 0 Å². The van der Waals surface area contributed by atoms with Crippen LogP contribution < -0.4 is 0 Å². The number of hydrogen-bond donors (Lipinski definition) is 0. The Morgan fingerprint density at radius 2 is 1.85 bits per heavy atom. The maximum Gasteiger partial charge on any atom is 0.148 e. The van der Waals surface area contributed by atoms with Crippen LogP contribution in [0, 0.1) is 0 Å². The molecule has 0 spiro atoms. The molecule has 0 aliphatic heterocycles. The molecule has 0 aromatic carbocycles. The van der Waals surface area contributed by atoms with E-state index >= 15 is 0 Å². The quantitative estimate of drug-likeness (QED) is 0.481. The van der Waals surface area contributed by atoms with Crippen molar-refractivity contribution in [1.82, 2.24) is 4.90 Å². The molecule has 0 N–H and O–H groups in total. The summed E-state index contributed by atoms with van der Waals surface area (Å²) in [6.07, 6.45) is 3.29. The van der Waals surface area contributed by atoms with Gasteiger partial charge in [0.05, 0.1) is 5.75 Å². The molecule has 0 bridgehead atoms. The molecule has 0 aromatic heterocycles. The van der Waals surface area contributed by atoms with E-state index in [0.717, 1.165) is 19.4 Å². The van der Waals surface area contributed by atoms with Crippen LogP contribution in [-0.2, 0) is 9.84 Å². The first kappa shape index (κ1) is 13.2. The molecule has 0 radical (unpaired) electrons. The van der Waals surface area contributed by atoms with Gasteiger partial charge in [-0.05, 0) is 26.4 Å². The molecule has 0 aliphatic carbocycles. The second-order valence-electron chi connectivity index (χ2n) is 3.33. The van der Waals surface area contributed by atoms with Crippen molar-refractivity contribution in [3.05, 3.63) is 0 Å². The highest BCUT2D eigenvalue weighted by atomic mass is 35.5. The first-order valence-electron chi connectivity index (χ1n) is 4.38. The highest BCUT2D eigenvalue weighted by Gasteiger charge is 2.04. The Kier molecular flexibility index (Phi) is 6.73. The maximum absolute atomic E-state index is 10.8. The van der Waals surface area contributed by atoms with Crippen molar-refractivity contribution < 1.29 is 8.42 Å². The van der Waals surface area contributed by atoms with Gasteiger partial charge in [-0.3, -0.25) is 0 Å². The largest absolute Gasteiger partial charge is 0.305 e. The van der Waals surface area contributed by atoms with Crippen LogP contribution in [0.2, 0.25) is 0 Å². The molecule has 0 unspecified atom stereocenters. The Morgan fingerprint density at radius 3 is 2.31 bits per heavy atom. The van der Waals surface area contributed by atoms with Gasteiger partial charge in [0.15, 0.2) is 0 Å². The molecule has 0 rings (SSSR count). The van der Waals surface area contributed by atoms with E-state index in [4.69, 9.17) is 11.6 Å². The third-order valence-electron chi connectivity index (χ3n) is 1.77.